The summed E-state index contributed by atoms with van der Waals surface area (Å²) in [4.78, 5) is 27.0. The number of ether oxygens (including phenoxy) is 2. The molecule has 0 aromatic heterocycles. The van der Waals surface area contributed by atoms with Crippen LogP contribution in [0.15, 0.2) is 48.0 Å². The Balaban J connectivity index is 1.87. The molecule has 2 aliphatic heterocycles. The lowest BCUT2D eigenvalue weighted by atomic mass is 9.88. The second kappa shape index (κ2) is 7.80. The van der Waals surface area contributed by atoms with Crippen molar-refractivity contribution in [1.29, 1.82) is 5.26 Å². The van der Waals surface area contributed by atoms with Crippen molar-refractivity contribution < 1.29 is 19.1 Å². The molecule has 0 fully saturated rings. The number of hydrogen-bond acceptors (Lipinski definition) is 5. The molecule has 0 saturated carbocycles. The topological polar surface area (TPSA) is 91.7 Å². The Bertz CT molecular complexity index is 1140. The Labute approximate surface area is 180 Å². The van der Waals surface area contributed by atoms with Crippen molar-refractivity contribution in [1.82, 2.24) is 10.2 Å². The molecule has 0 aliphatic carbocycles. The highest BCUT2D eigenvalue weighted by Gasteiger charge is 2.41. The number of nitriles is 1. The lowest BCUT2D eigenvalue weighted by Gasteiger charge is -2.39. The van der Waals surface area contributed by atoms with E-state index in [9.17, 15) is 14.9 Å². The third kappa shape index (κ3) is 3.61. The van der Waals surface area contributed by atoms with Gasteiger partial charge in [0.05, 0.1) is 30.5 Å². The Kier molecular flexibility index (Phi) is 5.15. The van der Waals surface area contributed by atoms with Gasteiger partial charge >= 0.3 is 6.09 Å². The van der Waals surface area contributed by atoms with Crippen molar-refractivity contribution in [3.63, 3.8) is 0 Å². The maximum Gasteiger partial charge on any atom is 0.407 e. The van der Waals surface area contributed by atoms with Gasteiger partial charge in [-0.25, -0.2) is 4.79 Å². The fourth-order valence-corrected chi connectivity index (χ4v) is 4.04. The van der Waals surface area contributed by atoms with Crippen LogP contribution in [-0.4, -0.2) is 35.7 Å². The molecule has 2 aliphatic rings. The van der Waals surface area contributed by atoms with E-state index in [4.69, 9.17) is 9.47 Å². The van der Waals surface area contributed by atoms with Crippen LogP contribution in [0.1, 0.15) is 47.8 Å². The molecular weight excluding hydrogens is 394 g/mol. The largest absolute Gasteiger partial charge is 0.483 e. The summed E-state index contributed by atoms with van der Waals surface area (Å²) in [6, 6.07) is 14.8. The van der Waals surface area contributed by atoms with Crippen LogP contribution in [0.3, 0.4) is 0 Å². The van der Waals surface area contributed by atoms with Crippen molar-refractivity contribution in [3.05, 3.63) is 70.3 Å². The van der Waals surface area contributed by atoms with Gasteiger partial charge in [0.2, 0.25) is 0 Å². The first kappa shape index (κ1) is 20.5. The van der Waals surface area contributed by atoms with E-state index in [1.165, 1.54) is 0 Å². The molecule has 1 N–H and O–H groups in total. The molecule has 158 valence electrons. The van der Waals surface area contributed by atoms with E-state index in [0.717, 1.165) is 11.1 Å². The van der Waals surface area contributed by atoms with Gasteiger partial charge in [-0.3, -0.25) is 4.79 Å². The highest BCUT2D eigenvalue weighted by atomic mass is 16.5. The minimum absolute atomic E-state index is 0.120. The molecule has 0 unspecified atom stereocenters. The fraction of sp³-hybridized carbons (Fsp3) is 0.292. The van der Waals surface area contributed by atoms with Gasteiger partial charge in [-0.2, -0.15) is 5.26 Å². The molecule has 2 aromatic rings. The molecule has 0 saturated heterocycles. The predicted octanol–water partition coefficient (Wildman–Crippen LogP) is 3.84. The van der Waals surface area contributed by atoms with E-state index in [1.807, 2.05) is 38.1 Å². The number of hydrogen-bond donors (Lipinski definition) is 1. The zero-order chi connectivity index (χ0) is 22.2. The molecule has 31 heavy (non-hydrogen) atoms. The van der Waals surface area contributed by atoms with E-state index >= 15 is 0 Å². The normalized spacial score (nSPS) is 16.2. The lowest BCUT2D eigenvalue weighted by molar-refractivity contribution is 0.0843. The van der Waals surface area contributed by atoms with Crippen LogP contribution in [0.4, 0.5) is 4.79 Å². The molecule has 0 bridgehead atoms. The van der Waals surface area contributed by atoms with Crippen LogP contribution in [0, 0.1) is 11.3 Å². The first-order valence-corrected chi connectivity index (χ1v) is 10.1. The standard InChI is InChI=1S/C24H23N3O4/c1-4-30-23(29)26-13-19-21(27-14-16-7-5-6-8-17(16)22(27)28)18-11-15(12-25)9-10-20(18)31-24(19,2)3/h5-11H,4,13-14H2,1-3H3,(H,26,29). The van der Waals surface area contributed by atoms with Crippen LogP contribution >= 0.6 is 0 Å². The average Bonchev–Trinajstić information content (AvgIpc) is 3.07. The molecule has 2 heterocycles. The van der Waals surface area contributed by atoms with Crippen LogP contribution in [0.2, 0.25) is 0 Å². The fourth-order valence-electron chi connectivity index (χ4n) is 4.04. The van der Waals surface area contributed by atoms with Gasteiger partial charge in [-0.1, -0.05) is 18.2 Å². The predicted molar refractivity (Wildman–Crippen MR) is 114 cm³/mol. The number of benzene rings is 2. The number of carbonyl (C=O) groups is 2. The summed E-state index contributed by atoms with van der Waals surface area (Å²) in [6.45, 7) is 6.31. The number of fused-ring (bicyclic) bond motifs is 2. The Morgan fingerprint density at radius 3 is 2.74 bits per heavy atom. The van der Waals surface area contributed by atoms with Crippen molar-refractivity contribution in [2.45, 2.75) is 32.9 Å². The number of alkyl carbamates (subject to hydrolysis) is 1. The molecule has 7 nitrogen and oxygen atoms in total. The third-order valence-corrected chi connectivity index (χ3v) is 5.52. The second-order valence-corrected chi connectivity index (χ2v) is 7.88. The lowest BCUT2D eigenvalue weighted by Crippen LogP contribution is -2.43. The SMILES string of the molecule is CCOC(=O)NCC1=C(N2Cc3ccccc3C2=O)c2cc(C#N)ccc2OC1(C)C. The van der Waals surface area contributed by atoms with Gasteiger partial charge in [-0.15, -0.1) is 0 Å². The van der Waals surface area contributed by atoms with Gasteiger partial charge in [-0.05, 0) is 50.6 Å². The van der Waals surface area contributed by atoms with Crippen LogP contribution in [0.25, 0.3) is 5.70 Å². The highest BCUT2D eigenvalue weighted by Crippen LogP contribution is 2.44. The van der Waals surface area contributed by atoms with Crippen molar-refractivity contribution in [2.24, 2.45) is 0 Å². The van der Waals surface area contributed by atoms with Crippen LogP contribution in [0.5, 0.6) is 5.75 Å². The van der Waals surface area contributed by atoms with Gasteiger partial charge < -0.3 is 19.7 Å². The number of nitrogens with zero attached hydrogens (tertiary/aromatic N) is 2. The molecule has 2 amide bonds. The smallest absolute Gasteiger partial charge is 0.407 e. The van der Waals surface area contributed by atoms with Gasteiger partial charge in [0.1, 0.15) is 11.4 Å². The minimum atomic E-state index is -0.801. The highest BCUT2D eigenvalue weighted by molar-refractivity contribution is 6.04. The first-order chi connectivity index (χ1) is 14.9. The summed E-state index contributed by atoms with van der Waals surface area (Å²) in [5, 5.41) is 12.2. The number of rotatable bonds is 4. The van der Waals surface area contributed by atoms with Crippen LogP contribution in [-0.2, 0) is 11.3 Å². The first-order valence-electron chi connectivity index (χ1n) is 10.1. The monoisotopic (exact) mass is 417 g/mol. The Hall–Kier alpha value is -3.79. The molecule has 2 aromatic carbocycles. The third-order valence-electron chi connectivity index (χ3n) is 5.52. The summed E-state index contributed by atoms with van der Waals surface area (Å²) >= 11 is 0. The molecule has 0 radical (unpaired) electrons. The van der Waals surface area contributed by atoms with Crippen molar-refractivity contribution >= 4 is 17.7 Å². The summed E-state index contributed by atoms with van der Waals surface area (Å²) < 4.78 is 11.2. The molecule has 0 spiro atoms. The quantitative estimate of drug-likeness (QED) is 0.816. The number of amides is 2. The summed E-state index contributed by atoms with van der Waals surface area (Å²) in [7, 11) is 0. The van der Waals surface area contributed by atoms with Crippen LogP contribution < -0.4 is 10.1 Å². The van der Waals surface area contributed by atoms with Gasteiger partial charge in [0.15, 0.2) is 0 Å². The molecule has 0 atom stereocenters. The second-order valence-electron chi connectivity index (χ2n) is 7.88. The van der Waals surface area contributed by atoms with Crippen molar-refractivity contribution in [2.75, 3.05) is 13.2 Å². The summed E-state index contributed by atoms with van der Waals surface area (Å²) in [5.41, 5.74) is 3.27. The van der Waals surface area contributed by atoms with Crippen molar-refractivity contribution in [3.8, 4) is 11.8 Å². The van der Waals surface area contributed by atoms with Gasteiger partial charge in [0.25, 0.3) is 5.91 Å². The van der Waals surface area contributed by atoms with E-state index < -0.39 is 11.7 Å². The number of nitrogens with one attached hydrogen (secondary N) is 1. The number of carbonyl (C=O) groups excluding carboxylic acids is 2. The maximum absolute atomic E-state index is 13.3. The van der Waals surface area contributed by atoms with E-state index in [-0.39, 0.29) is 19.1 Å². The zero-order valence-corrected chi connectivity index (χ0v) is 17.7. The zero-order valence-electron chi connectivity index (χ0n) is 17.7. The summed E-state index contributed by atoms with van der Waals surface area (Å²) in [6.07, 6.45) is -0.544. The minimum Gasteiger partial charge on any atom is -0.483 e. The Morgan fingerprint density at radius 2 is 2.03 bits per heavy atom. The molecule has 4 rings (SSSR count). The Morgan fingerprint density at radius 1 is 1.26 bits per heavy atom. The van der Waals surface area contributed by atoms with E-state index in [1.54, 1.807) is 30.0 Å². The average molecular weight is 417 g/mol. The van der Waals surface area contributed by atoms with E-state index in [2.05, 4.69) is 11.4 Å². The molecular formula is C24H23N3O4. The maximum atomic E-state index is 13.3. The molecule has 7 heteroatoms. The van der Waals surface area contributed by atoms with E-state index in [0.29, 0.717) is 34.7 Å². The van der Waals surface area contributed by atoms with Gasteiger partial charge in [0, 0.05) is 23.2 Å². The summed E-state index contributed by atoms with van der Waals surface area (Å²) in [5.74, 6) is 0.466.